The van der Waals surface area contributed by atoms with Crippen molar-refractivity contribution in [3.8, 4) is 5.75 Å². The van der Waals surface area contributed by atoms with Crippen molar-refractivity contribution in [3.63, 3.8) is 0 Å². The summed E-state index contributed by atoms with van der Waals surface area (Å²) in [6.45, 7) is 3.83. The maximum atomic E-state index is 12.8. The molecule has 1 amide bonds. The summed E-state index contributed by atoms with van der Waals surface area (Å²) in [7, 11) is 1.35. The normalized spacial score (nSPS) is 21.3. The Morgan fingerprint density at radius 3 is 2.06 bits per heavy atom. The predicted octanol–water partition coefficient (Wildman–Crippen LogP) is 2.72. The summed E-state index contributed by atoms with van der Waals surface area (Å²) >= 11 is 0. The Kier molecular flexibility index (Phi) is 6.53. The molecule has 2 aromatic rings. The molecular weight excluding hydrogens is 398 g/mol. The standard InChI is InChI=1S/C24H27NO6/c1-3-16-4-6-17(7-5-16)23(26)25-12-21-22(13-25)30-15-20(14-29-21)31-19-10-8-18(9-11-19)24(27)28-2/h4-11,20-22H,3,12-15H2,1-2H3/t21-,22-/m0/s1. The van der Waals surface area contributed by atoms with Crippen molar-refractivity contribution in [2.75, 3.05) is 33.4 Å². The Hall–Kier alpha value is -2.90. The van der Waals surface area contributed by atoms with Gasteiger partial charge in [0.1, 0.15) is 24.1 Å². The Balaban J connectivity index is 1.31. The first-order valence-corrected chi connectivity index (χ1v) is 10.5. The lowest BCUT2D eigenvalue weighted by Crippen LogP contribution is -2.32. The van der Waals surface area contributed by atoms with Crippen LogP contribution in [0.4, 0.5) is 0 Å². The Bertz CT molecular complexity index is 895. The highest BCUT2D eigenvalue weighted by Gasteiger charge is 2.40. The number of hydrogen-bond donors (Lipinski definition) is 0. The van der Waals surface area contributed by atoms with Crippen LogP contribution in [0, 0.1) is 0 Å². The largest absolute Gasteiger partial charge is 0.486 e. The number of hydrogen-bond acceptors (Lipinski definition) is 6. The van der Waals surface area contributed by atoms with E-state index in [2.05, 4.69) is 6.92 Å². The summed E-state index contributed by atoms with van der Waals surface area (Å²) in [4.78, 5) is 26.2. The van der Waals surface area contributed by atoms with E-state index in [9.17, 15) is 9.59 Å². The lowest BCUT2D eigenvalue weighted by Gasteiger charge is -2.20. The molecule has 0 aromatic heterocycles. The number of methoxy groups -OCH3 is 1. The molecule has 2 heterocycles. The summed E-state index contributed by atoms with van der Waals surface area (Å²) in [5, 5.41) is 0. The number of amides is 1. The van der Waals surface area contributed by atoms with E-state index in [0.717, 1.165) is 6.42 Å². The predicted molar refractivity (Wildman–Crippen MR) is 113 cm³/mol. The molecule has 7 nitrogen and oxygen atoms in total. The van der Waals surface area contributed by atoms with E-state index in [1.807, 2.05) is 24.3 Å². The maximum absolute atomic E-state index is 12.8. The van der Waals surface area contributed by atoms with Crippen molar-refractivity contribution >= 4 is 11.9 Å². The van der Waals surface area contributed by atoms with Gasteiger partial charge in [-0.1, -0.05) is 19.1 Å². The smallest absolute Gasteiger partial charge is 0.337 e. The number of likely N-dealkylation sites (tertiary alicyclic amines) is 1. The van der Waals surface area contributed by atoms with Gasteiger partial charge in [-0.2, -0.15) is 0 Å². The van der Waals surface area contributed by atoms with Crippen LogP contribution in [-0.4, -0.2) is 68.5 Å². The van der Waals surface area contributed by atoms with Gasteiger partial charge in [-0.05, 0) is 48.4 Å². The van der Waals surface area contributed by atoms with E-state index in [1.165, 1.54) is 12.7 Å². The molecule has 2 aromatic carbocycles. The van der Waals surface area contributed by atoms with Crippen molar-refractivity contribution in [1.29, 1.82) is 0 Å². The van der Waals surface area contributed by atoms with Crippen molar-refractivity contribution in [1.82, 2.24) is 4.90 Å². The van der Waals surface area contributed by atoms with E-state index in [1.54, 1.807) is 29.2 Å². The Morgan fingerprint density at radius 2 is 1.52 bits per heavy atom. The molecule has 31 heavy (non-hydrogen) atoms. The van der Waals surface area contributed by atoms with Crippen molar-refractivity contribution in [2.24, 2.45) is 0 Å². The van der Waals surface area contributed by atoms with Gasteiger partial charge in [0.25, 0.3) is 5.91 Å². The number of nitrogens with zero attached hydrogens (tertiary/aromatic N) is 1. The summed E-state index contributed by atoms with van der Waals surface area (Å²) in [5.41, 5.74) is 2.36. The molecule has 2 atom stereocenters. The molecule has 0 N–H and O–H groups in total. The van der Waals surface area contributed by atoms with Gasteiger partial charge >= 0.3 is 5.97 Å². The average Bonchev–Trinajstić information content (AvgIpc) is 3.14. The average molecular weight is 425 g/mol. The lowest BCUT2D eigenvalue weighted by atomic mass is 10.1. The molecule has 0 aliphatic carbocycles. The van der Waals surface area contributed by atoms with Crippen molar-refractivity contribution in [2.45, 2.75) is 31.7 Å². The monoisotopic (exact) mass is 425 g/mol. The second-order valence-corrected chi connectivity index (χ2v) is 7.76. The van der Waals surface area contributed by atoms with Gasteiger partial charge in [0, 0.05) is 18.7 Å². The zero-order valence-corrected chi connectivity index (χ0v) is 17.8. The van der Waals surface area contributed by atoms with E-state index < -0.39 is 0 Å². The molecule has 164 valence electrons. The molecule has 0 radical (unpaired) electrons. The minimum absolute atomic E-state index is 0.00132. The van der Waals surface area contributed by atoms with E-state index in [0.29, 0.717) is 43.2 Å². The number of carbonyl (C=O) groups is 2. The summed E-state index contributed by atoms with van der Waals surface area (Å²) < 4.78 is 22.7. The molecule has 0 bridgehead atoms. The molecule has 0 spiro atoms. The van der Waals surface area contributed by atoms with Crippen LogP contribution in [0.2, 0.25) is 0 Å². The van der Waals surface area contributed by atoms with Crippen LogP contribution in [0.5, 0.6) is 5.75 Å². The number of rotatable bonds is 5. The number of aryl methyl sites for hydroxylation is 1. The fraction of sp³-hybridized carbons (Fsp3) is 0.417. The van der Waals surface area contributed by atoms with Gasteiger partial charge in [-0.15, -0.1) is 0 Å². The number of carbonyl (C=O) groups excluding carboxylic acids is 2. The van der Waals surface area contributed by atoms with Crippen LogP contribution in [-0.2, 0) is 20.6 Å². The van der Waals surface area contributed by atoms with Crippen LogP contribution in [0.15, 0.2) is 48.5 Å². The van der Waals surface area contributed by atoms with Crippen LogP contribution in [0.3, 0.4) is 0 Å². The van der Waals surface area contributed by atoms with Crippen LogP contribution >= 0.6 is 0 Å². The zero-order valence-electron chi connectivity index (χ0n) is 17.8. The first kappa shape index (κ1) is 21.3. The fourth-order valence-electron chi connectivity index (χ4n) is 3.85. The Labute approximate surface area is 181 Å². The number of benzene rings is 2. The van der Waals surface area contributed by atoms with Gasteiger partial charge in [0.15, 0.2) is 0 Å². The second-order valence-electron chi connectivity index (χ2n) is 7.76. The fourth-order valence-corrected chi connectivity index (χ4v) is 3.85. The van der Waals surface area contributed by atoms with Gasteiger partial charge < -0.3 is 23.8 Å². The van der Waals surface area contributed by atoms with Crippen LogP contribution in [0.1, 0.15) is 33.2 Å². The highest BCUT2D eigenvalue weighted by Crippen LogP contribution is 2.24. The summed E-state index contributed by atoms with van der Waals surface area (Å²) in [5.74, 6) is 0.242. The van der Waals surface area contributed by atoms with Crippen LogP contribution < -0.4 is 4.74 Å². The molecule has 7 heteroatoms. The number of esters is 1. The molecular formula is C24H27NO6. The lowest BCUT2D eigenvalue weighted by molar-refractivity contribution is -0.00461. The third kappa shape index (κ3) is 4.89. The first-order valence-electron chi connectivity index (χ1n) is 10.5. The maximum Gasteiger partial charge on any atom is 0.337 e. The molecule has 0 saturated carbocycles. The molecule has 2 aliphatic rings. The number of fused-ring (bicyclic) bond motifs is 1. The third-order valence-electron chi connectivity index (χ3n) is 5.68. The van der Waals surface area contributed by atoms with E-state index in [4.69, 9.17) is 18.9 Å². The quantitative estimate of drug-likeness (QED) is 0.686. The van der Waals surface area contributed by atoms with E-state index in [-0.39, 0.29) is 30.2 Å². The van der Waals surface area contributed by atoms with Crippen LogP contribution in [0.25, 0.3) is 0 Å². The molecule has 2 fully saturated rings. The van der Waals surface area contributed by atoms with E-state index >= 15 is 0 Å². The van der Waals surface area contributed by atoms with Gasteiger partial charge in [-0.25, -0.2) is 4.79 Å². The second kappa shape index (κ2) is 9.49. The summed E-state index contributed by atoms with van der Waals surface area (Å²) in [6.07, 6.45) is 0.339. The summed E-state index contributed by atoms with van der Waals surface area (Å²) in [6, 6.07) is 14.5. The highest BCUT2D eigenvalue weighted by molar-refractivity contribution is 5.94. The molecule has 0 unspecified atom stereocenters. The minimum atomic E-state index is -0.388. The number of ether oxygens (including phenoxy) is 4. The third-order valence-corrected chi connectivity index (χ3v) is 5.68. The van der Waals surface area contributed by atoms with Gasteiger partial charge in [0.2, 0.25) is 0 Å². The first-order chi connectivity index (χ1) is 15.1. The van der Waals surface area contributed by atoms with Gasteiger partial charge in [-0.3, -0.25) is 4.79 Å². The van der Waals surface area contributed by atoms with Crippen molar-refractivity contribution < 1.29 is 28.5 Å². The van der Waals surface area contributed by atoms with Gasteiger partial charge in [0.05, 0.1) is 25.9 Å². The zero-order chi connectivity index (χ0) is 21.8. The minimum Gasteiger partial charge on any atom is -0.486 e. The molecule has 2 aliphatic heterocycles. The van der Waals surface area contributed by atoms with Crippen molar-refractivity contribution in [3.05, 3.63) is 65.2 Å². The molecule has 4 rings (SSSR count). The SMILES string of the molecule is CCc1ccc(C(=O)N2C[C@@H]3OCC(Oc4ccc(C(=O)OC)cc4)CO[C@H]3C2)cc1. The Morgan fingerprint density at radius 1 is 0.935 bits per heavy atom. The highest BCUT2D eigenvalue weighted by atomic mass is 16.6. The topological polar surface area (TPSA) is 74.3 Å². The molecule has 2 saturated heterocycles.